The molecule has 0 saturated carbocycles. The molecule has 1 aromatic heterocycles. The van der Waals surface area contributed by atoms with Crippen molar-refractivity contribution in [2.75, 3.05) is 13.1 Å². The van der Waals surface area contributed by atoms with Gasteiger partial charge in [0, 0.05) is 20.1 Å². The van der Waals surface area contributed by atoms with Gasteiger partial charge in [-0.3, -0.25) is 4.57 Å². The number of halogens is 3. The molecule has 1 saturated heterocycles. The van der Waals surface area contributed by atoms with Gasteiger partial charge in [0.25, 0.3) is 0 Å². The van der Waals surface area contributed by atoms with Crippen LogP contribution in [0.4, 0.5) is 13.2 Å². The molecule has 0 spiro atoms. The van der Waals surface area contributed by atoms with Gasteiger partial charge >= 0.3 is 11.9 Å². The maximum atomic E-state index is 13.0. The van der Waals surface area contributed by atoms with Crippen LogP contribution in [-0.4, -0.2) is 40.2 Å². The first kappa shape index (κ1) is 22.5. The van der Waals surface area contributed by atoms with Gasteiger partial charge in [-0.05, 0) is 36.0 Å². The van der Waals surface area contributed by atoms with E-state index in [1.165, 1.54) is 4.31 Å². The molecule has 1 aromatic carbocycles. The summed E-state index contributed by atoms with van der Waals surface area (Å²) in [6.07, 6.45) is -4.33. The predicted octanol–water partition coefficient (Wildman–Crippen LogP) is 2.92. The van der Waals surface area contributed by atoms with Crippen LogP contribution in [-0.2, 0) is 28.7 Å². The number of rotatable bonds is 3. The van der Waals surface area contributed by atoms with E-state index >= 15 is 0 Å². The van der Waals surface area contributed by atoms with Gasteiger partial charge in [0.15, 0.2) is 0 Å². The van der Waals surface area contributed by atoms with Crippen LogP contribution >= 0.6 is 0 Å². The van der Waals surface area contributed by atoms with Crippen molar-refractivity contribution in [1.82, 2.24) is 18.7 Å². The predicted molar refractivity (Wildman–Crippen MR) is 105 cm³/mol. The first-order chi connectivity index (χ1) is 13.7. The summed E-state index contributed by atoms with van der Waals surface area (Å²) in [5.74, 6) is -1.26. The Kier molecular flexibility index (Phi) is 5.65. The summed E-state index contributed by atoms with van der Waals surface area (Å²) in [4.78, 5) is 12.3. The second-order valence-electron chi connectivity index (χ2n) is 8.52. The lowest BCUT2D eigenvalue weighted by Gasteiger charge is -2.31. The van der Waals surface area contributed by atoms with Gasteiger partial charge in [0.1, 0.15) is 0 Å². The van der Waals surface area contributed by atoms with Crippen molar-refractivity contribution < 1.29 is 21.6 Å². The molecule has 0 aliphatic carbocycles. The minimum atomic E-state index is -4.73. The molecule has 0 atom stereocenters. The number of hydrogen-bond acceptors (Lipinski definition) is 4. The molecule has 166 valence electrons. The Labute approximate surface area is 173 Å². The Balaban J connectivity index is 1.76. The smallest absolute Gasteiger partial charge is 0.274 e. The average molecular weight is 446 g/mol. The molecule has 11 heteroatoms. The molecule has 0 bridgehead atoms. The van der Waals surface area contributed by atoms with Gasteiger partial charge in [0.2, 0.25) is 15.8 Å². The third kappa shape index (κ3) is 4.18. The molecule has 3 rings (SSSR count). The fraction of sp³-hybridized carbons (Fsp3) is 0.579. The average Bonchev–Trinajstić information content (AvgIpc) is 2.96. The Hall–Kier alpha value is -2.14. The van der Waals surface area contributed by atoms with Crippen LogP contribution in [0.1, 0.15) is 51.0 Å². The topological polar surface area (TPSA) is 77.2 Å². The zero-order valence-corrected chi connectivity index (χ0v) is 18.1. The van der Waals surface area contributed by atoms with Crippen LogP contribution in [0.15, 0.2) is 34.0 Å². The fourth-order valence-corrected chi connectivity index (χ4v) is 5.01. The van der Waals surface area contributed by atoms with E-state index in [2.05, 4.69) is 5.10 Å². The minimum absolute atomic E-state index is 0.0956. The maximum Gasteiger partial charge on any atom is 0.451 e. The number of aromatic nitrogens is 3. The summed E-state index contributed by atoms with van der Waals surface area (Å²) in [5.41, 5.74) is 0.0443. The summed E-state index contributed by atoms with van der Waals surface area (Å²) >= 11 is 0. The highest BCUT2D eigenvalue weighted by molar-refractivity contribution is 7.89. The monoisotopic (exact) mass is 446 g/mol. The van der Waals surface area contributed by atoms with E-state index in [9.17, 15) is 26.4 Å². The van der Waals surface area contributed by atoms with Crippen molar-refractivity contribution in [3.63, 3.8) is 0 Å². The molecule has 0 unspecified atom stereocenters. The molecule has 1 aliphatic heterocycles. The molecule has 0 radical (unpaired) electrons. The van der Waals surface area contributed by atoms with Gasteiger partial charge in [-0.2, -0.15) is 17.5 Å². The molecule has 7 nitrogen and oxygen atoms in total. The molecule has 2 aromatic rings. The van der Waals surface area contributed by atoms with E-state index in [0.29, 0.717) is 4.57 Å². The molecule has 30 heavy (non-hydrogen) atoms. The van der Waals surface area contributed by atoms with E-state index in [4.69, 9.17) is 0 Å². The van der Waals surface area contributed by atoms with E-state index < -0.39 is 33.8 Å². The van der Waals surface area contributed by atoms with Crippen LogP contribution < -0.4 is 5.69 Å². The minimum Gasteiger partial charge on any atom is -0.274 e. The van der Waals surface area contributed by atoms with Crippen LogP contribution in [0.3, 0.4) is 0 Å². The van der Waals surface area contributed by atoms with Crippen molar-refractivity contribution in [3.8, 4) is 0 Å². The second kappa shape index (κ2) is 7.52. The first-order valence-electron chi connectivity index (χ1n) is 9.56. The van der Waals surface area contributed by atoms with Crippen LogP contribution in [0.2, 0.25) is 0 Å². The zero-order valence-electron chi connectivity index (χ0n) is 17.3. The third-order valence-corrected chi connectivity index (χ3v) is 7.30. The zero-order chi connectivity index (χ0) is 22.5. The Morgan fingerprint density at radius 3 is 2.00 bits per heavy atom. The number of nitrogens with zero attached hydrogens (tertiary/aromatic N) is 4. The lowest BCUT2D eigenvalue weighted by Crippen LogP contribution is -2.41. The van der Waals surface area contributed by atoms with Crippen molar-refractivity contribution >= 4 is 10.0 Å². The SMILES string of the molecule is Cn1c(C(F)(F)F)nn(C2CCN(S(=O)(=O)c3ccc(C(C)(C)C)cc3)CC2)c1=O. The Bertz CT molecular complexity index is 1070. The number of alkyl halides is 3. The van der Waals surface area contributed by atoms with Crippen molar-refractivity contribution in [2.45, 2.75) is 56.1 Å². The summed E-state index contributed by atoms with van der Waals surface area (Å²) in [6, 6.07) is 6.12. The summed E-state index contributed by atoms with van der Waals surface area (Å²) < 4.78 is 67.5. The second-order valence-corrected chi connectivity index (χ2v) is 10.5. The largest absolute Gasteiger partial charge is 0.451 e. The van der Waals surface area contributed by atoms with Gasteiger partial charge in [-0.15, -0.1) is 5.10 Å². The van der Waals surface area contributed by atoms with Crippen LogP contribution in [0, 0.1) is 0 Å². The normalized spacial score (nSPS) is 17.4. The van der Waals surface area contributed by atoms with Crippen molar-refractivity contribution in [3.05, 3.63) is 46.1 Å². The first-order valence-corrected chi connectivity index (χ1v) is 11.0. The van der Waals surface area contributed by atoms with Crippen LogP contribution in [0.25, 0.3) is 0 Å². The van der Waals surface area contributed by atoms with Gasteiger partial charge < -0.3 is 0 Å². The van der Waals surface area contributed by atoms with E-state index in [1.807, 2.05) is 20.8 Å². The number of piperidine rings is 1. The maximum absolute atomic E-state index is 13.0. The number of benzene rings is 1. The molecule has 1 fully saturated rings. The van der Waals surface area contributed by atoms with E-state index in [-0.39, 0.29) is 36.2 Å². The highest BCUT2D eigenvalue weighted by atomic mass is 32.2. The number of sulfonamides is 1. The highest BCUT2D eigenvalue weighted by Gasteiger charge is 2.39. The summed E-state index contributed by atoms with van der Waals surface area (Å²) in [5, 5.41) is 3.46. The summed E-state index contributed by atoms with van der Waals surface area (Å²) in [6.45, 7) is 6.29. The van der Waals surface area contributed by atoms with Crippen molar-refractivity contribution in [1.29, 1.82) is 0 Å². The van der Waals surface area contributed by atoms with E-state index in [0.717, 1.165) is 17.3 Å². The van der Waals surface area contributed by atoms with Crippen LogP contribution in [0.5, 0.6) is 0 Å². The molecule has 2 heterocycles. The van der Waals surface area contributed by atoms with Gasteiger partial charge in [0.05, 0.1) is 10.9 Å². The third-order valence-electron chi connectivity index (χ3n) is 5.38. The van der Waals surface area contributed by atoms with Gasteiger partial charge in [-0.1, -0.05) is 32.9 Å². The van der Waals surface area contributed by atoms with Gasteiger partial charge in [-0.25, -0.2) is 17.9 Å². The molecule has 0 amide bonds. The molecular weight excluding hydrogens is 421 g/mol. The Morgan fingerprint density at radius 2 is 1.57 bits per heavy atom. The molecule has 0 N–H and O–H groups in total. The quantitative estimate of drug-likeness (QED) is 0.727. The molecule has 1 aliphatic rings. The van der Waals surface area contributed by atoms with E-state index in [1.54, 1.807) is 24.3 Å². The standard InChI is InChI=1S/C19H25F3N4O3S/c1-18(2,3)13-5-7-15(8-6-13)30(28,29)25-11-9-14(10-12-25)26-17(27)24(4)16(23-26)19(20,21)22/h5-8,14H,9-12H2,1-4H3. The lowest BCUT2D eigenvalue weighted by atomic mass is 9.87. The molecular formula is C19H25F3N4O3S. The Morgan fingerprint density at radius 1 is 1.03 bits per heavy atom. The number of hydrogen-bond donors (Lipinski definition) is 0. The highest BCUT2D eigenvalue weighted by Crippen LogP contribution is 2.30. The fourth-order valence-electron chi connectivity index (χ4n) is 3.54. The van der Waals surface area contributed by atoms with Crippen molar-refractivity contribution in [2.24, 2.45) is 7.05 Å². The summed E-state index contributed by atoms with van der Waals surface area (Å²) in [7, 11) is -2.70. The lowest BCUT2D eigenvalue weighted by molar-refractivity contribution is -0.147.